The zero-order chi connectivity index (χ0) is 24.2. The Labute approximate surface area is 210 Å². The van der Waals surface area contributed by atoms with Gasteiger partial charge in [-0.05, 0) is 55.0 Å². The lowest BCUT2D eigenvalue weighted by Crippen LogP contribution is -2.32. The molecule has 2 aromatic carbocycles. The summed E-state index contributed by atoms with van der Waals surface area (Å²) in [6.45, 7) is 2.42. The van der Waals surface area contributed by atoms with E-state index >= 15 is 0 Å². The van der Waals surface area contributed by atoms with Crippen molar-refractivity contribution >= 4 is 28.9 Å². The number of carbonyl (C=O) groups is 1. The molecule has 3 heterocycles. The summed E-state index contributed by atoms with van der Waals surface area (Å²) < 4.78 is 6.33. The van der Waals surface area contributed by atoms with Gasteiger partial charge in [-0.3, -0.25) is 9.78 Å². The summed E-state index contributed by atoms with van der Waals surface area (Å²) in [5.74, 6) is 1.49. The van der Waals surface area contributed by atoms with Crippen molar-refractivity contribution in [2.75, 3.05) is 11.9 Å². The second-order valence-corrected chi connectivity index (χ2v) is 8.89. The van der Waals surface area contributed by atoms with E-state index in [1.807, 2.05) is 96.8 Å². The van der Waals surface area contributed by atoms with E-state index in [2.05, 4.69) is 15.6 Å². The van der Waals surface area contributed by atoms with Gasteiger partial charge in [-0.2, -0.15) is 0 Å². The molecule has 1 aliphatic heterocycles. The maximum Gasteiger partial charge on any atom is 0.226 e. The number of nitrogens with one attached hydrogen (secondary N) is 2. The molecule has 4 aromatic rings. The Morgan fingerprint density at radius 1 is 1.03 bits per heavy atom. The van der Waals surface area contributed by atoms with Gasteiger partial charge in [-0.15, -0.1) is 0 Å². The fourth-order valence-electron chi connectivity index (χ4n) is 4.37. The molecule has 5 rings (SSSR count). The number of thiocarbonyl (C=S) groups is 1. The van der Waals surface area contributed by atoms with Crippen LogP contribution in [0.3, 0.4) is 0 Å². The van der Waals surface area contributed by atoms with E-state index in [1.165, 1.54) is 0 Å². The van der Waals surface area contributed by atoms with E-state index in [4.69, 9.17) is 16.6 Å². The number of aromatic nitrogens is 1. The monoisotopic (exact) mass is 482 g/mol. The largest absolute Gasteiger partial charge is 0.459 e. The van der Waals surface area contributed by atoms with Crippen molar-refractivity contribution in [2.45, 2.75) is 25.4 Å². The maximum absolute atomic E-state index is 12.8. The maximum atomic E-state index is 12.8. The second-order valence-electron chi connectivity index (χ2n) is 8.50. The van der Waals surface area contributed by atoms with E-state index in [-0.39, 0.29) is 24.4 Å². The molecule has 176 valence electrons. The molecule has 0 aliphatic carbocycles. The molecule has 1 fully saturated rings. The third-order valence-electron chi connectivity index (χ3n) is 6.17. The normalized spacial score (nSPS) is 17.3. The third kappa shape index (κ3) is 4.95. The number of anilines is 1. The molecule has 0 unspecified atom stereocenters. The lowest BCUT2D eigenvalue weighted by atomic mass is 10.0. The minimum atomic E-state index is -0.235. The average molecular weight is 483 g/mol. The highest BCUT2D eigenvalue weighted by Crippen LogP contribution is 2.40. The van der Waals surface area contributed by atoms with Crippen LogP contribution in [-0.4, -0.2) is 27.4 Å². The summed E-state index contributed by atoms with van der Waals surface area (Å²) in [4.78, 5) is 19.4. The number of para-hydroxylation sites is 1. The molecule has 1 aliphatic rings. The molecule has 0 saturated carbocycles. The fourth-order valence-corrected chi connectivity index (χ4v) is 4.70. The fraction of sp³-hybridized carbons (Fsp3) is 0.179. The van der Waals surface area contributed by atoms with Gasteiger partial charge in [0.05, 0.1) is 11.7 Å². The standard InChI is InChI=1S/C28H26N4O2S/c1-19-9-5-6-12-21(19)30-25(33)16-18-32-27(26(31-28(32)35)22-13-7-8-17-29-22)24-15-14-23(34-24)20-10-3-2-4-11-20/h2-15,17,26-27H,16,18H2,1H3,(H,30,33)(H,31,35)/t26-,27+/m1/s1. The van der Waals surface area contributed by atoms with Crippen LogP contribution in [0.15, 0.2) is 95.5 Å². The number of hydrogen-bond donors (Lipinski definition) is 2. The lowest BCUT2D eigenvalue weighted by molar-refractivity contribution is -0.116. The quantitative estimate of drug-likeness (QED) is 0.332. The minimum absolute atomic E-state index is 0.0634. The van der Waals surface area contributed by atoms with Gasteiger partial charge in [0.2, 0.25) is 5.91 Å². The van der Waals surface area contributed by atoms with Crippen molar-refractivity contribution in [2.24, 2.45) is 0 Å². The number of pyridine rings is 1. The van der Waals surface area contributed by atoms with Crippen LogP contribution >= 0.6 is 12.2 Å². The number of amides is 1. The highest BCUT2D eigenvalue weighted by atomic mass is 32.1. The first-order valence-corrected chi connectivity index (χ1v) is 12.0. The predicted molar refractivity (Wildman–Crippen MR) is 141 cm³/mol. The Kier molecular flexibility index (Phi) is 6.59. The summed E-state index contributed by atoms with van der Waals surface area (Å²) in [5.41, 5.74) is 3.72. The van der Waals surface area contributed by atoms with Crippen molar-refractivity contribution in [1.29, 1.82) is 0 Å². The highest BCUT2D eigenvalue weighted by Gasteiger charge is 2.41. The van der Waals surface area contributed by atoms with Gasteiger partial charge >= 0.3 is 0 Å². The predicted octanol–water partition coefficient (Wildman–Crippen LogP) is 5.65. The Morgan fingerprint density at radius 2 is 1.80 bits per heavy atom. The van der Waals surface area contributed by atoms with Gasteiger partial charge < -0.3 is 20.0 Å². The molecule has 2 aromatic heterocycles. The van der Waals surface area contributed by atoms with Crippen LogP contribution < -0.4 is 10.6 Å². The van der Waals surface area contributed by atoms with Gasteiger partial charge in [0.1, 0.15) is 17.6 Å². The first kappa shape index (κ1) is 22.8. The van der Waals surface area contributed by atoms with Crippen LogP contribution in [0, 0.1) is 6.92 Å². The van der Waals surface area contributed by atoms with Crippen molar-refractivity contribution in [3.8, 4) is 11.3 Å². The number of rotatable bonds is 7. The Hall–Kier alpha value is -3.97. The number of nitrogens with zero attached hydrogens (tertiary/aromatic N) is 2. The number of hydrogen-bond acceptors (Lipinski definition) is 4. The first-order chi connectivity index (χ1) is 17.1. The van der Waals surface area contributed by atoms with Crippen molar-refractivity contribution < 1.29 is 9.21 Å². The second kappa shape index (κ2) is 10.1. The third-order valence-corrected chi connectivity index (χ3v) is 6.53. The molecule has 6 nitrogen and oxygen atoms in total. The summed E-state index contributed by atoms with van der Waals surface area (Å²) >= 11 is 5.71. The summed E-state index contributed by atoms with van der Waals surface area (Å²) in [6, 6.07) is 27.1. The number of benzene rings is 2. The van der Waals surface area contributed by atoms with Crippen LogP contribution in [0.25, 0.3) is 11.3 Å². The van der Waals surface area contributed by atoms with Crippen molar-refractivity contribution in [3.05, 3.63) is 108 Å². The zero-order valence-corrected chi connectivity index (χ0v) is 20.2. The molecular weight excluding hydrogens is 456 g/mol. The summed E-state index contributed by atoms with van der Waals surface area (Å²) in [5, 5.41) is 6.99. The number of carbonyl (C=O) groups excluding carboxylic acids is 1. The van der Waals surface area contributed by atoms with Gasteiger partial charge in [-0.25, -0.2) is 0 Å². The van der Waals surface area contributed by atoms with Crippen LogP contribution in [-0.2, 0) is 4.79 Å². The Balaban J connectivity index is 1.39. The zero-order valence-electron chi connectivity index (χ0n) is 19.3. The molecular formula is C28H26N4O2S. The molecule has 0 radical (unpaired) electrons. The topological polar surface area (TPSA) is 70.4 Å². The van der Waals surface area contributed by atoms with Gasteiger partial charge in [-0.1, -0.05) is 54.6 Å². The molecule has 2 atom stereocenters. The van der Waals surface area contributed by atoms with Crippen molar-refractivity contribution in [3.63, 3.8) is 0 Å². The van der Waals surface area contributed by atoms with Gasteiger partial charge in [0.25, 0.3) is 0 Å². The molecule has 2 N–H and O–H groups in total. The summed E-state index contributed by atoms with van der Waals surface area (Å²) in [6.07, 6.45) is 2.06. The minimum Gasteiger partial charge on any atom is -0.459 e. The molecule has 1 saturated heterocycles. The van der Waals surface area contributed by atoms with E-state index in [9.17, 15) is 4.79 Å². The van der Waals surface area contributed by atoms with E-state index < -0.39 is 0 Å². The van der Waals surface area contributed by atoms with E-state index in [0.29, 0.717) is 11.7 Å². The van der Waals surface area contributed by atoms with Crippen molar-refractivity contribution in [1.82, 2.24) is 15.2 Å². The number of aryl methyl sites for hydroxylation is 1. The van der Waals surface area contributed by atoms with Gasteiger partial charge in [0, 0.05) is 30.4 Å². The van der Waals surface area contributed by atoms with Gasteiger partial charge in [0.15, 0.2) is 5.11 Å². The molecule has 35 heavy (non-hydrogen) atoms. The SMILES string of the molecule is Cc1ccccc1NC(=O)CCN1C(=S)N[C@H](c2ccccn2)[C@@H]1c1ccc(-c2ccccc2)o1. The highest BCUT2D eigenvalue weighted by molar-refractivity contribution is 7.80. The molecule has 7 heteroatoms. The van der Waals surface area contributed by atoms with Crippen LogP contribution in [0.1, 0.15) is 35.5 Å². The Bertz CT molecular complexity index is 1320. The molecule has 0 bridgehead atoms. The smallest absolute Gasteiger partial charge is 0.226 e. The molecule has 1 amide bonds. The number of furan rings is 1. The van der Waals surface area contributed by atoms with Crippen LogP contribution in [0.2, 0.25) is 0 Å². The van der Waals surface area contributed by atoms with E-state index in [0.717, 1.165) is 34.0 Å². The Morgan fingerprint density at radius 3 is 2.57 bits per heavy atom. The van der Waals surface area contributed by atoms with Crippen LogP contribution in [0.4, 0.5) is 5.69 Å². The first-order valence-electron chi connectivity index (χ1n) is 11.6. The van der Waals surface area contributed by atoms with E-state index in [1.54, 1.807) is 6.20 Å². The average Bonchev–Trinajstić information content (AvgIpc) is 3.50. The summed E-state index contributed by atoms with van der Waals surface area (Å²) in [7, 11) is 0. The molecule has 0 spiro atoms. The lowest BCUT2D eigenvalue weighted by Gasteiger charge is -2.26. The van der Waals surface area contributed by atoms with Crippen LogP contribution in [0.5, 0.6) is 0 Å².